The number of hydrogen-bond acceptors (Lipinski definition) is 5. The third kappa shape index (κ3) is 5.68. The average Bonchev–Trinajstić information content (AvgIpc) is 3.20. The summed E-state index contributed by atoms with van der Waals surface area (Å²) < 4.78 is 0. The van der Waals surface area contributed by atoms with Gasteiger partial charge in [-0.1, -0.05) is 43.4 Å². The van der Waals surface area contributed by atoms with Gasteiger partial charge in [-0.25, -0.2) is 9.97 Å². The average molecular weight is 441 g/mol. The minimum atomic E-state index is 0.575. The van der Waals surface area contributed by atoms with Crippen LogP contribution >= 0.6 is 0 Å². The SMILES string of the molecule is C=C(/C=C\C=C/C)Cc1nc(NCCCN2CCCCC2)c2c(n1)[nH]c1cc(C#N)ccc12. The first-order valence-corrected chi connectivity index (χ1v) is 11.8. The molecule has 3 heterocycles. The largest absolute Gasteiger partial charge is 0.369 e. The van der Waals surface area contributed by atoms with Crippen molar-refractivity contribution in [1.29, 1.82) is 5.26 Å². The highest BCUT2D eigenvalue weighted by atomic mass is 15.1. The summed E-state index contributed by atoms with van der Waals surface area (Å²) >= 11 is 0. The highest BCUT2D eigenvalue weighted by Gasteiger charge is 2.15. The minimum Gasteiger partial charge on any atom is -0.369 e. The topological polar surface area (TPSA) is 80.6 Å². The maximum Gasteiger partial charge on any atom is 0.144 e. The van der Waals surface area contributed by atoms with E-state index in [-0.39, 0.29) is 0 Å². The fourth-order valence-corrected chi connectivity index (χ4v) is 4.38. The Kier molecular flexibility index (Phi) is 7.54. The second kappa shape index (κ2) is 10.9. The number of likely N-dealkylation sites (tertiary alicyclic amines) is 1. The van der Waals surface area contributed by atoms with E-state index in [9.17, 15) is 5.26 Å². The molecule has 1 aliphatic rings. The van der Waals surface area contributed by atoms with Crippen LogP contribution in [0.25, 0.3) is 21.9 Å². The molecule has 0 radical (unpaired) electrons. The molecule has 0 amide bonds. The molecule has 2 N–H and O–H groups in total. The van der Waals surface area contributed by atoms with Gasteiger partial charge in [-0.3, -0.25) is 0 Å². The first-order chi connectivity index (χ1) is 16.2. The summed E-state index contributed by atoms with van der Waals surface area (Å²) in [4.78, 5) is 15.6. The van der Waals surface area contributed by atoms with Crippen molar-refractivity contribution in [2.24, 2.45) is 0 Å². The lowest BCUT2D eigenvalue weighted by Gasteiger charge is -2.26. The number of hydrogen-bond donors (Lipinski definition) is 2. The first kappa shape index (κ1) is 22.8. The summed E-state index contributed by atoms with van der Waals surface area (Å²) in [5.74, 6) is 1.57. The Morgan fingerprint density at radius 1 is 1.24 bits per heavy atom. The molecule has 0 saturated carbocycles. The quantitative estimate of drug-likeness (QED) is 0.339. The molecule has 3 aromatic rings. The Balaban J connectivity index is 1.59. The number of rotatable bonds is 9. The summed E-state index contributed by atoms with van der Waals surface area (Å²) in [7, 11) is 0. The van der Waals surface area contributed by atoms with Crippen molar-refractivity contribution in [2.75, 3.05) is 31.5 Å². The van der Waals surface area contributed by atoms with Crippen LogP contribution in [0, 0.1) is 11.3 Å². The van der Waals surface area contributed by atoms with E-state index in [0.717, 1.165) is 58.7 Å². The maximum absolute atomic E-state index is 9.28. The normalized spacial score (nSPS) is 15.0. The molecule has 0 spiro atoms. The summed E-state index contributed by atoms with van der Waals surface area (Å²) in [6, 6.07) is 7.91. The van der Waals surface area contributed by atoms with Crippen molar-refractivity contribution in [2.45, 2.75) is 39.0 Å². The van der Waals surface area contributed by atoms with E-state index in [1.807, 2.05) is 49.4 Å². The van der Waals surface area contributed by atoms with Crippen LogP contribution in [-0.4, -0.2) is 46.0 Å². The highest BCUT2D eigenvalue weighted by Crippen LogP contribution is 2.30. The minimum absolute atomic E-state index is 0.575. The Bertz CT molecular complexity index is 1220. The van der Waals surface area contributed by atoms with Crippen molar-refractivity contribution in [3.05, 3.63) is 66.0 Å². The zero-order valence-corrected chi connectivity index (χ0v) is 19.4. The van der Waals surface area contributed by atoms with Gasteiger partial charge in [0.2, 0.25) is 0 Å². The molecule has 0 atom stereocenters. The molecule has 170 valence electrons. The zero-order valence-electron chi connectivity index (χ0n) is 19.4. The number of aromatic nitrogens is 3. The van der Waals surface area contributed by atoms with Gasteiger partial charge >= 0.3 is 0 Å². The number of nitrogens with one attached hydrogen (secondary N) is 2. The predicted molar refractivity (Wildman–Crippen MR) is 136 cm³/mol. The number of aromatic amines is 1. The van der Waals surface area contributed by atoms with Crippen LogP contribution in [0.5, 0.6) is 0 Å². The number of benzene rings is 1. The molecular formula is C27H32N6. The van der Waals surface area contributed by atoms with E-state index in [0.29, 0.717) is 12.0 Å². The second-order valence-electron chi connectivity index (χ2n) is 8.61. The van der Waals surface area contributed by atoms with Crippen molar-refractivity contribution in [3.63, 3.8) is 0 Å². The number of piperidine rings is 1. The number of H-pyrrole nitrogens is 1. The van der Waals surface area contributed by atoms with Crippen LogP contribution in [0.2, 0.25) is 0 Å². The Morgan fingerprint density at radius 2 is 2.09 bits per heavy atom. The fraction of sp³-hybridized carbons (Fsp3) is 0.370. The molecule has 0 aliphatic carbocycles. The third-order valence-electron chi connectivity index (χ3n) is 6.04. The predicted octanol–water partition coefficient (Wildman–Crippen LogP) is 5.50. The molecular weight excluding hydrogens is 408 g/mol. The number of allylic oxidation sites excluding steroid dienone is 5. The number of nitriles is 1. The molecule has 0 unspecified atom stereocenters. The monoisotopic (exact) mass is 440 g/mol. The van der Waals surface area contributed by atoms with Gasteiger partial charge in [0.15, 0.2) is 0 Å². The van der Waals surface area contributed by atoms with Gasteiger partial charge < -0.3 is 15.2 Å². The standard InChI is InChI=1S/C27H32N6/c1-3-4-6-10-20(2)17-24-31-26(29-13-9-16-33-14-7-5-8-15-33)25-22-12-11-21(19-28)18-23(22)30-27(25)32-24/h3-4,6,10-12,18H,2,5,7-9,13-17H2,1H3,(H2,29,30,31,32)/b4-3-,10-6-. The maximum atomic E-state index is 9.28. The van der Waals surface area contributed by atoms with E-state index < -0.39 is 0 Å². The highest BCUT2D eigenvalue weighted by molar-refractivity contribution is 6.11. The van der Waals surface area contributed by atoms with Crippen molar-refractivity contribution in [3.8, 4) is 6.07 Å². The van der Waals surface area contributed by atoms with Gasteiger partial charge in [-0.05, 0) is 63.5 Å². The van der Waals surface area contributed by atoms with Crippen LogP contribution in [0.3, 0.4) is 0 Å². The zero-order chi connectivity index (χ0) is 23.0. The third-order valence-corrected chi connectivity index (χ3v) is 6.04. The van der Waals surface area contributed by atoms with Crippen molar-refractivity contribution < 1.29 is 0 Å². The van der Waals surface area contributed by atoms with Crippen molar-refractivity contribution >= 4 is 27.8 Å². The van der Waals surface area contributed by atoms with E-state index in [4.69, 9.17) is 9.97 Å². The van der Waals surface area contributed by atoms with Crippen molar-refractivity contribution in [1.82, 2.24) is 19.9 Å². The Morgan fingerprint density at radius 3 is 2.88 bits per heavy atom. The van der Waals surface area contributed by atoms with Crippen LogP contribution in [-0.2, 0) is 6.42 Å². The lowest BCUT2D eigenvalue weighted by atomic mass is 10.1. The smallest absolute Gasteiger partial charge is 0.144 e. The molecule has 4 rings (SSSR count). The molecule has 1 fully saturated rings. The molecule has 6 nitrogen and oxygen atoms in total. The van der Waals surface area contributed by atoms with Crippen LogP contribution in [0.15, 0.2) is 54.7 Å². The van der Waals surface area contributed by atoms with Gasteiger partial charge in [-0.15, -0.1) is 0 Å². The number of nitrogens with zero attached hydrogens (tertiary/aromatic N) is 4. The molecule has 1 aliphatic heterocycles. The Hall–Kier alpha value is -3.43. The van der Waals surface area contributed by atoms with Gasteiger partial charge in [0.05, 0.1) is 17.0 Å². The van der Waals surface area contributed by atoms with Gasteiger partial charge in [0.1, 0.15) is 17.3 Å². The number of fused-ring (bicyclic) bond motifs is 3. The van der Waals surface area contributed by atoms with Crippen LogP contribution in [0.4, 0.5) is 5.82 Å². The lowest BCUT2D eigenvalue weighted by Crippen LogP contribution is -2.31. The number of anilines is 1. The first-order valence-electron chi connectivity index (χ1n) is 11.8. The van der Waals surface area contributed by atoms with Crippen LogP contribution < -0.4 is 5.32 Å². The Labute approximate surface area is 195 Å². The summed E-state index contributed by atoms with van der Waals surface area (Å²) in [5, 5.41) is 14.9. The lowest BCUT2D eigenvalue weighted by molar-refractivity contribution is 0.228. The van der Waals surface area contributed by atoms with Gasteiger partial charge in [0.25, 0.3) is 0 Å². The fourth-order valence-electron chi connectivity index (χ4n) is 4.38. The summed E-state index contributed by atoms with van der Waals surface area (Å²) in [5.41, 5.74) is 3.26. The molecule has 6 heteroatoms. The molecule has 0 bridgehead atoms. The van der Waals surface area contributed by atoms with E-state index in [1.165, 1.54) is 32.4 Å². The molecule has 1 saturated heterocycles. The van der Waals surface area contributed by atoms with E-state index in [2.05, 4.69) is 27.8 Å². The van der Waals surface area contributed by atoms with E-state index >= 15 is 0 Å². The molecule has 2 aromatic heterocycles. The molecule has 33 heavy (non-hydrogen) atoms. The second-order valence-corrected chi connectivity index (χ2v) is 8.61. The summed E-state index contributed by atoms with van der Waals surface area (Å²) in [6.07, 6.45) is 13.6. The summed E-state index contributed by atoms with van der Waals surface area (Å²) in [6.45, 7) is 10.5. The van der Waals surface area contributed by atoms with Gasteiger partial charge in [0, 0.05) is 23.9 Å². The van der Waals surface area contributed by atoms with Gasteiger partial charge in [-0.2, -0.15) is 5.26 Å². The molecule has 1 aromatic carbocycles. The van der Waals surface area contributed by atoms with Crippen LogP contribution in [0.1, 0.15) is 44.0 Å². The van der Waals surface area contributed by atoms with E-state index in [1.54, 1.807) is 0 Å².